The Morgan fingerprint density at radius 3 is 2.11 bits per heavy atom. The lowest BCUT2D eigenvalue weighted by Gasteiger charge is -2.09. The van der Waals surface area contributed by atoms with Crippen molar-refractivity contribution in [2.45, 2.75) is 18.9 Å². The molecule has 92 valence electrons. The lowest BCUT2D eigenvalue weighted by Crippen LogP contribution is -2.09. The molecule has 0 aromatic heterocycles. The molecule has 0 amide bonds. The second-order valence-electron chi connectivity index (χ2n) is 4.33. The maximum atomic E-state index is 11.8. The molecule has 2 aromatic rings. The van der Waals surface area contributed by atoms with Gasteiger partial charge in [0.15, 0.2) is 0 Å². The fraction of sp³-hybridized carbons (Fsp3) is 0.188. The minimum Gasteiger partial charge on any atom is -0.388 e. The van der Waals surface area contributed by atoms with Gasteiger partial charge in [-0.3, -0.25) is 4.79 Å². The average Bonchev–Trinajstić information content (AvgIpc) is 2.40. The fourth-order valence-corrected chi connectivity index (χ4v) is 1.90. The van der Waals surface area contributed by atoms with E-state index in [1.807, 2.05) is 60.7 Å². The molecule has 0 fully saturated rings. The first-order valence-corrected chi connectivity index (χ1v) is 6.04. The number of hydrogen-bond donors (Lipinski definition) is 1. The summed E-state index contributed by atoms with van der Waals surface area (Å²) in [4.78, 5) is 11.8. The molecule has 0 aliphatic carbocycles. The van der Waals surface area contributed by atoms with Gasteiger partial charge < -0.3 is 5.11 Å². The molecule has 18 heavy (non-hydrogen) atoms. The van der Waals surface area contributed by atoms with Crippen LogP contribution in [0.2, 0.25) is 0 Å². The van der Waals surface area contributed by atoms with Crippen molar-refractivity contribution in [3.8, 4) is 0 Å². The Morgan fingerprint density at radius 2 is 1.50 bits per heavy atom. The Morgan fingerprint density at radius 1 is 0.944 bits per heavy atom. The summed E-state index contributed by atoms with van der Waals surface area (Å²) in [6.07, 6.45) is -0.161. The van der Waals surface area contributed by atoms with Crippen molar-refractivity contribution in [2.24, 2.45) is 0 Å². The third kappa shape index (κ3) is 3.54. The third-order valence-electron chi connectivity index (χ3n) is 2.85. The summed E-state index contributed by atoms with van der Waals surface area (Å²) in [6, 6.07) is 18.9. The van der Waals surface area contributed by atoms with Gasteiger partial charge in [0.05, 0.1) is 6.10 Å². The number of benzene rings is 2. The highest BCUT2D eigenvalue weighted by atomic mass is 16.3. The molecule has 1 atom stereocenters. The molecule has 2 aromatic carbocycles. The van der Waals surface area contributed by atoms with Crippen LogP contribution in [0.25, 0.3) is 0 Å². The van der Waals surface area contributed by atoms with Crippen molar-refractivity contribution < 1.29 is 9.90 Å². The molecule has 0 aliphatic heterocycles. The van der Waals surface area contributed by atoms with Crippen LogP contribution in [0.3, 0.4) is 0 Å². The Balaban J connectivity index is 1.92. The van der Waals surface area contributed by atoms with E-state index < -0.39 is 6.10 Å². The quantitative estimate of drug-likeness (QED) is 0.872. The monoisotopic (exact) mass is 240 g/mol. The number of rotatable bonds is 5. The van der Waals surface area contributed by atoms with E-state index in [0.29, 0.717) is 6.42 Å². The normalized spacial score (nSPS) is 12.1. The summed E-state index contributed by atoms with van der Waals surface area (Å²) in [7, 11) is 0. The summed E-state index contributed by atoms with van der Waals surface area (Å²) in [5, 5.41) is 9.95. The standard InChI is InChI=1S/C16H16O2/c17-15(11-13-7-3-1-4-8-13)12-16(18)14-9-5-2-6-10-14/h1-10,16,18H,11-12H2. The molecule has 2 heteroatoms. The van der Waals surface area contributed by atoms with Gasteiger partial charge in [-0.15, -0.1) is 0 Å². The van der Waals surface area contributed by atoms with Gasteiger partial charge in [0, 0.05) is 12.8 Å². The predicted molar refractivity (Wildman–Crippen MR) is 71.2 cm³/mol. The molecule has 1 unspecified atom stereocenters. The topological polar surface area (TPSA) is 37.3 Å². The smallest absolute Gasteiger partial charge is 0.140 e. The summed E-state index contributed by atoms with van der Waals surface area (Å²) < 4.78 is 0. The van der Waals surface area contributed by atoms with Crippen LogP contribution in [0.5, 0.6) is 0 Å². The van der Waals surface area contributed by atoms with Gasteiger partial charge in [-0.1, -0.05) is 60.7 Å². The van der Waals surface area contributed by atoms with E-state index in [9.17, 15) is 9.90 Å². The lowest BCUT2D eigenvalue weighted by atomic mass is 10.0. The molecule has 2 rings (SSSR count). The number of ketones is 1. The van der Waals surface area contributed by atoms with Gasteiger partial charge in [0.2, 0.25) is 0 Å². The SMILES string of the molecule is O=C(Cc1ccccc1)CC(O)c1ccccc1. The molecule has 0 aliphatic rings. The van der Waals surface area contributed by atoms with Gasteiger partial charge >= 0.3 is 0 Å². The van der Waals surface area contributed by atoms with Crippen LogP contribution < -0.4 is 0 Å². The maximum absolute atomic E-state index is 11.8. The van der Waals surface area contributed by atoms with Gasteiger partial charge in [-0.25, -0.2) is 0 Å². The van der Waals surface area contributed by atoms with Crippen molar-refractivity contribution in [2.75, 3.05) is 0 Å². The second kappa shape index (κ2) is 6.12. The Bertz CT molecular complexity index is 491. The van der Waals surface area contributed by atoms with Gasteiger partial charge in [0.25, 0.3) is 0 Å². The molecular weight excluding hydrogens is 224 g/mol. The Kier molecular flexibility index (Phi) is 4.26. The maximum Gasteiger partial charge on any atom is 0.140 e. The average molecular weight is 240 g/mol. The highest BCUT2D eigenvalue weighted by Crippen LogP contribution is 2.17. The summed E-state index contributed by atoms with van der Waals surface area (Å²) in [6.45, 7) is 0. The molecule has 0 bridgehead atoms. The number of hydrogen-bond acceptors (Lipinski definition) is 2. The van der Waals surface area contributed by atoms with E-state index in [0.717, 1.165) is 11.1 Å². The van der Waals surface area contributed by atoms with Crippen LogP contribution in [-0.4, -0.2) is 10.9 Å². The van der Waals surface area contributed by atoms with E-state index in [2.05, 4.69) is 0 Å². The summed E-state index contributed by atoms with van der Waals surface area (Å²) in [5.74, 6) is 0.0533. The highest BCUT2D eigenvalue weighted by molar-refractivity contribution is 5.81. The molecule has 0 saturated heterocycles. The minimum absolute atomic E-state index is 0.0533. The zero-order chi connectivity index (χ0) is 12.8. The van der Waals surface area contributed by atoms with Gasteiger partial charge in [0.1, 0.15) is 5.78 Å². The molecule has 0 spiro atoms. The molecule has 0 heterocycles. The molecule has 2 nitrogen and oxygen atoms in total. The van der Waals surface area contributed by atoms with Crippen LogP contribution in [0, 0.1) is 0 Å². The third-order valence-corrected chi connectivity index (χ3v) is 2.85. The van der Waals surface area contributed by atoms with Crippen molar-refractivity contribution in [3.63, 3.8) is 0 Å². The first kappa shape index (κ1) is 12.5. The van der Waals surface area contributed by atoms with Crippen LogP contribution in [0.4, 0.5) is 0 Å². The minimum atomic E-state index is -0.706. The van der Waals surface area contributed by atoms with Crippen LogP contribution >= 0.6 is 0 Å². The molecular formula is C16H16O2. The van der Waals surface area contributed by atoms with E-state index in [4.69, 9.17) is 0 Å². The highest BCUT2D eigenvalue weighted by Gasteiger charge is 2.12. The molecule has 0 saturated carbocycles. The number of Topliss-reactive ketones (excluding diaryl/α,β-unsaturated/α-hetero) is 1. The van der Waals surface area contributed by atoms with Crippen LogP contribution in [0.1, 0.15) is 23.7 Å². The van der Waals surface area contributed by atoms with Crippen LogP contribution in [0.15, 0.2) is 60.7 Å². The van der Waals surface area contributed by atoms with E-state index >= 15 is 0 Å². The zero-order valence-electron chi connectivity index (χ0n) is 10.1. The van der Waals surface area contributed by atoms with Crippen molar-refractivity contribution in [1.82, 2.24) is 0 Å². The number of aliphatic hydroxyl groups is 1. The number of carbonyl (C=O) groups excluding carboxylic acids is 1. The number of aliphatic hydroxyl groups excluding tert-OH is 1. The Labute approximate surface area is 107 Å². The van der Waals surface area contributed by atoms with Gasteiger partial charge in [-0.2, -0.15) is 0 Å². The predicted octanol–water partition coefficient (Wildman–Crippen LogP) is 2.92. The van der Waals surface area contributed by atoms with Gasteiger partial charge in [-0.05, 0) is 11.1 Å². The first-order chi connectivity index (χ1) is 8.75. The second-order valence-corrected chi connectivity index (χ2v) is 4.33. The van der Waals surface area contributed by atoms with E-state index in [-0.39, 0.29) is 12.2 Å². The molecule has 1 N–H and O–H groups in total. The van der Waals surface area contributed by atoms with E-state index in [1.165, 1.54) is 0 Å². The lowest BCUT2D eigenvalue weighted by molar-refractivity contribution is -0.120. The summed E-state index contributed by atoms with van der Waals surface area (Å²) >= 11 is 0. The van der Waals surface area contributed by atoms with Crippen molar-refractivity contribution >= 4 is 5.78 Å². The fourth-order valence-electron chi connectivity index (χ4n) is 1.90. The van der Waals surface area contributed by atoms with Crippen molar-refractivity contribution in [3.05, 3.63) is 71.8 Å². The summed E-state index contributed by atoms with van der Waals surface area (Å²) in [5.41, 5.74) is 1.78. The Hall–Kier alpha value is -1.93. The molecule has 0 radical (unpaired) electrons. The number of carbonyl (C=O) groups is 1. The zero-order valence-corrected chi connectivity index (χ0v) is 10.1. The largest absolute Gasteiger partial charge is 0.388 e. The van der Waals surface area contributed by atoms with E-state index in [1.54, 1.807) is 0 Å². The first-order valence-electron chi connectivity index (χ1n) is 6.04. The van der Waals surface area contributed by atoms with Crippen molar-refractivity contribution in [1.29, 1.82) is 0 Å². The van der Waals surface area contributed by atoms with Crippen LogP contribution in [-0.2, 0) is 11.2 Å².